The highest BCUT2D eigenvalue weighted by Crippen LogP contribution is 2.26. The van der Waals surface area contributed by atoms with E-state index >= 15 is 0 Å². The van der Waals surface area contributed by atoms with Crippen LogP contribution in [-0.4, -0.2) is 14.8 Å². The second kappa shape index (κ2) is 4.63. The molecule has 0 aliphatic carbocycles. The largest absolute Gasteiger partial charge is 0.266 e. The van der Waals surface area contributed by atoms with Crippen LogP contribution in [0.3, 0.4) is 0 Å². The molecular weight excluding hydrogens is 264 g/mol. The summed E-state index contributed by atoms with van der Waals surface area (Å²) in [5, 5.41) is 8.24. The molecule has 0 radical (unpaired) electrons. The van der Waals surface area contributed by atoms with Gasteiger partial charge in [-0.1, -0.05) is 25.4 Å². The maximum atomic E-state index is 13.8. The normalized spacial score (nSPS) is 11.2. The van der Waals surface area contributed by atoms with Crippen LogP contribution in [0.4, 0.5) is 4.39 Å². The molecule has 2 aromatic rings. The van der Waals surface area contributed by atoms with E-state index in [1.165, 1.54) is 22.8 Å². The summed E-state index contributed by atoms with van der Waals surface area (Å²) < 4.78 is 15.2. The van der Waals surface area contributed by atoms with Gasteiger partial charge in [-0.3, -0.25) is 4.57 Å². The molecule has 0 spiro atoms. The third-order valence-electron chi connectivity index (χ3n) is 2.31. The van der Waals surface area contributed by atoms with Crippen molar-refractivity contribution in [1.29, 1.82) is 0 Å². The first-order valence-electron chi connectivity index (χ1n) is 5.07. The lowest BCUT2D eigenvalue weighted by molar-refractivity contribution is 0.612. The van der Waals surface area contributed by atoms with Gasteiger partial charge < -0.3 is 0 Å². The number of hydrogen-bond acceptors (Lipinski definition) is 2. The van der Waals surface area contributed by atoms with Gasteiger partial charge in [0.2, 0.25) is 5.28 Å². The maximum Gasteiger partial charge on any atom is 0.229 e. The van der Waals surface area contributed by atoms with Gasteiger partial charge in [-0.25, -0.2) is 4.39 Å². The number of benzene rings is 1. The Hall–Kier alpha value is -1.13. The maximum absolute atomic E-state index is 13.8. The lowest BCUT2D eigenvalue weighted by Gasteiger charge is -2.11. The van der Waals surface area contributed by atoms with Gasteiger partial charge in [0.15, 0.2) is 0 Å². The van der Waals surface area contributed by atoms with E-state index < -0.39 is 5.82 Å². The predicted octanol–water partition coefficient (Wildman–Crippen LogP) is 3.84. The van der Waals surface area contributed by atoms with E-state index in [0.29, 0.717) is 10.8 Å². The highest BCUT2D eigenvalue weighted by Gasteiger charge is 2.17. The molecule has 2 rings (SSSR count). The van der Waals surface area contributed by atoms with Crippen LogP contribution in [0.25, 0.3) is 5.69 Å². The number of rotatable bonds is 2. The Kier molecular flexibility index (Phi) is 3.35. The third-order valence-corrected chi connectivity index (χ3v) is 2.79. The Bertz CT molecular complexity index is 552. The Balaban J connectivity index is 2.67. The van der Waals surface area contributed by atoms with Crippen LogP contribution in [0.1, 0.15) is 25.6 Å². The summed E-state index contributed by atoms with van der Waals surface area (Å²) in [6, 6.07) is 4.27. The zero-order valence-corrected chi connectivity index (χ0v) is 10.8. The summed E-state index contributed by atoms with van der Waals surface area (Å²) in [4.78, 5) is 0. The summed E-state index contributed by atoms with van der Waals surface area (Å²) in [5.74, 6) is 0.252. The van der Waals surface area contributed by atoms with E-state index in [-0.39, 0.29) is 16.9 Å². The van der Waals surface area contributed by atoms with Crippen LogP contribution in [0.2, 0.25) is 10.3 Å². The van der Waals surface area contributed by atoms with E-state index in [4.69, 9.17) is 23.2 Å². The first kappa shape index (κ1) is 12.3. The zero-order valence-electron chi connectivity index (χ0n) is 9.28. The van der Waals surface area contributed by atoms with Crippen molar-refractivity contribution < 1.29 is 4.39 Å². The number of nitrogens with zero attached hydrogens (tertiary/aromatic N) is 3. The van der Waals surface area contributed by atoms with Crippen LogP contribution >= 0.6 is 23.2 Å². The molecule has 90 valence electrons. The third kappa shape index (κ3) is 2.28. The van der Waals surface area contributed by atoms with Gasteiger partial charge in [0.1, 0.15) is 11.6 Å². The summed E-state index contributed by atoms with van der Waals surface area (Å²) in [6.07, 6.45) is 0. The number of halogens is 3. The fourth-order valence-corrected chi connectivity index (χ4v) is 1.91. The quantitative estimate of drug-likeness (QED) is 0.833. The monoisotopic (exact) mass is 273 g/mol. The van der Waals surface area contributed by atoms with Crippen LogP contribution in [0.15, 0.2) is 18.2 Å². The van der Waals surface area contributed by atoms with Gasteiger partial charge in [-0.05, 0) is 29.8 Å². The molecular formula is C11H10Cl2FN3. The van der Waals surface area contributed by atoms with Gasteiger partial charge in [0.05, 0.1) is 5.69 Å². The van der Waals surface area contributed by atoms with Crippen molar-refractivity contribution in [2.24, 2.45) is 0 Å². The Morgan fingerprint density at radius 3 is 2.59 bits per heavy atom. The molecule has 0 unspecified atom stereocenters. The van der Waals surface area contributed by atoms with Crippen molar-refractivity contribution in [3.05, 3.63) is 40.1 Å². The lowest BCUT2D eigenvalue weighted by Crippen LogP contribution is -2.05. The molecule has 0 N–H and O–H groups in total. The molecule has 0 amide bonds. The zero-order chi connectivity index (χ0) is 12.6. The first-order valence-corrected chi connectivity index (χ1v) is 5.82. The van der Waals surface area contributed by atoms with Crippen molar-refractivity contribution in [3.63, 3.8) is 0 Å². The number of hydrogen-bond donors (Lipinski definition) is 0. The topological polar surface area (TPSA) is 30.7 Å². The Labute approximate surface area is 108 Å². The van der Waals surface area contributed by atoms with Crippen molar-refractivity contribution >= 4 is 23.2 Å². The van der Waals surface area contributed by atoms with Crippen molar-refractivity contribution in [3.8, 4) is 5.69 Å². The minimum Gasteiger partial charge on any atom is -0.266 e. The Morgan fingerprint density at radius 2 is 1.94 bits per heavy atom. The van der Waals surface area contributed by atoms with Crippen molar-refractivity contribution in [2.45, 2.75) is 19.8 Å². The molecule has 17 heavy (non-hydrogen) atoms. The van der Waals surface area contributed by atoms with Gasteiger partial charge in [-0.15, -0.1) is 10.2 Å². The van der Waals surface area contributed by atoms with Gasteiger partial charge in [-0.2, -0.15) is 0 Å². The predicted molar refractivity (Wildman–Crippen MR) is 65.4 cm³/mol. The van der Waals surface area contributed by atoms with Gasteiger partial charge in [0.25, 0.3) is 0 Å². The smallest absolute Gasteiger partial charge is 0.229 e. The molecule has 0 bridgehead atoms. The Morgan fingerprint density at radius 1 is 1.24 bits per heavy atom. The highest BCUT2D eigenvalue weighted by atomic mass is 35.5. The molecule has 0 fully saturated rings. The second-order valence-corrected chi connectivity index (χ2v) is 4.69. The SMILES string of the molecule is CC(C)c1nnc(Cl)n1-c1cc(Cl)ccc1F. The van der Waals surface area contributed by atoms with Crippen molar-refractivity contribution in [1.82, 2.24) is 14.8 Å². The van der Waals surface area contributed by atoms with E-state index in [2.05, 4.69) is 10.2 Å². The van der Waals surface area contributed by atoms with E-state index in [1.807, 2.05) is 13.8 Å². The lowest BCUT2D eigenvalue weighted by atomic mass is 10.2. The number of aromatic nitrogens is 3. The molecule has 0 saturated heterocycles. The van der Waals surface area contributed by atoms with Gasteiger partial charge >= 0.3 is 0 Å². The minimum atomic E-state index is -0.419. The summed E-state index contributed by atoms with van der Waals surface area (Å²) in [7, 11) is 0. The molecule has 1 heterocycles. The van der Waals surface area contributed by atoms with Crippen LogP contribution in [0.5, 0.6) is 0 Å². The van der Waals surface area contributed by atoms with Crippen LogP contribution in [-0.2, 0) is 0 Å². The van der Waals surface area contributed by atoms with Crippen LogP contribution in [0, 0.1) is 5.82 Å². The first-order chi connectivity index (χ1) is 8.00. The van der Waals surface area contributed by atoms with E-state index in [9.17, 15) is 4.39 Å². The van der Waals surface area contributed by atoms with E-state index in [1.54, 1.807) is 0 Å². The molecule has 1 aromatic heterocycles. The van der Waals surface area contributed by atoms with Crippen LogP contribution < -0.4 is 0 Å². The van der Waals surface area contributed by atoms with E-state index in [0.717, 1.165) is 0 Å². The molecule has 1 aromatic carbocycles. The molecule has 3 nitrogen and oxygen atoms in total. The van der Waals surface area contributed by atoms with Crippen molar-refractivity contribution in [2.75, 3.05) is 0 Å². The minimum absolute atomic E-state index is 0.0772. The molecule has 0 saturated carbocycles. The summed E-state index contributed by atoms with van der Waals surface area (Å²) in [6.45, 7) is 3.86. The fraction of sp³-hybridized carbons (Fsp3) is 0.273. The summed E-state index contributed by atoms with van der Waals surface area (Å²) in [5.41, 5.74) is 0.260. The molecule has 0 aliphatic rings. The standard InChI is InChI=1S/C11H10Cl2FN3/c1-6(2)10-15-16-11(13)17(10)9-5-7(12)3-4-8(9)14/h3-6H,1-2H3. The average molecular weight is 274 g/mol. The fourth-order valence-electron chi connectivity index (χ4n) is 1.53. The average Bonchev–Trinajstić information content (AvgIpc) is 2.64. The molecule has 0 aliphatic heterocycles. The molecule has 0 atom stereocenters. The summed E-state index contributed by atoms with van der Waals surface area (Å²) >= 11 is 11.8. The van der Waals surface area contributed by atoms with Gasteiger partial charge in [0, 0.05) is 10.9 Å². The molecule has 6 heteroatoms. The highest BCUT2D eigenvalue weighted by molar-refractivity contribution is 6.31. The second-order valence-electron chi connectivity index (χ2n) is 3.91.